The highest BCUT2D eigenvalue weighted by Crippen LogP contribution is 2.18. The van der Waals surface area contributed by atoms with E-state index in [0.29, 0.717) is 6.29 Å². The van der Waals surface area contributed by atoms with E-state index >= 15 is 0 Å². The molecule has 0 aliphatic heterocycles. The monoisotopic (exact) mass is 189 g/mol. The number of rotatable bonds is 1. The van der Waals surface area contributed by atoms with Crippen molar-refractivity contribution >= 4 is 12.2 Å². The minimum absolute atomic E-state index is 0.112. The van der Waals surface area contributed by atoms with Crippen molar-refractivity contribution in [2.75, 3.05) is 0 Å². The van der Waals surface area contributed by atoms with Crippen LogP contribution in [-0.2, 0) is 4.79 Å². The van der Waals surface area contributed by atoms with Gasteiger partial charge in [0.05, 0.1) is 5.56 Å². The lowest BCUT2D eigenvalue weighted by atomic mass is 10.1. The number of aldehydes is 1. The summed E-state index contributed by atoms with van der Waals surface area (Å²) in [5.41, 5.74) is 5.13. The number of hydrogen-bond donors (Lipinski definition) is 2. The molecule has 0 aromatic heterocycles. The summed E-state index contributed by atoms with van der Waals surface area (Å²) in [6.45, 7) is 0. The van der Waals surface area contributed by atoms with Crippen molar-refractivity contribution in [3.05, 3.63) is 29.3 Å². The zero-order valence-electron chi connectivity index (χ0n) is 7.15. The molecular weight excluding hydrogens is 182 g/mol. The van der Waals surface area contributed by atoms with Gasteiger partial charge in [0.1, 0.15) is 5.75 Å². The summed E-state index contributed by atoms with van der Waals surface area (Å²) in [7, 11) is 0. The third-order valence-corrected chi connectivity index (χ3v) is 1.51. The molecule has 0 saturated carbocycles. The zero-order chi connectivity index (χ0) is 10.6. The van der Waals surface area contributed by atoms with Gasteiger partial charge in [-0.1, -0.05) is 18.1 Å². The summed E-state index contributed by atoms with van der Waals surface area (Å²) in [4.78, 5) is 20.9. The first kappa shape index (κ1) is 9.81. The quantitative estimate of drug-likeness (QED) is 0.483. The van der Waals surface area contributed by atoms with E-state index in [9.17, 15) is 14.7 Å². The molecule has 0 saturated heterocycles. The van der Waals surface area contributed by atoms with Crippen LogP contribution in [0.2, 0.25) is 0 Å². The van der Waals surface area contributed by atoms with Crippen LogP contribution in [0.15, 0.2) is 18.2 Å². The Kier molecular flexibility index (Phi) is 2.87. The average Bonchev–Trinajstić information content (AvgIpc) is 2.15. The highest BCUT2D eigenvalue weighted by Gasteiger charge is 2.03. The molecule has 4 heteroatoms. The van der Waals surface area contributed by atoms with Gasteiger partial charge in [0.15, 0.2) is 6.29 Å². The Morgan fingerprint density at radius 3 is 2.79 bits per heavy atom. The van der Waals surface area contributed by atoms with Gasteiger partial charge in [0, 0.05) is 11.5 Å². The van der Waals surface area contributed by atoms with Gasteiger partial charge in [-0.05, 0) is 6.07 Å². The third-order valence-electron chi connectivity index (χ3n) is 1.51. The Morgan fingerprint density at radius 1 is 1.50 bits per heavy atom. The van der Waals surface area contributed by atoms with Gasteiger partial charge >= 0.3 is 0 Å². The molecule has 0 atom stereocenters. The predicted octanol–water partition coefficient (Wildman–Crippen LogP) is 0.0415. The predicted molar refractivity (Wildman–Crippen MR) is 49.6 cm³/mol. The van der Waals surface area contributed by atoms with Crippen LogP contribution in [-0.4, -0.2) is 17.3 Å². The molecule has 1 amide bonds. The van der Waals surface area contributed by atoms with E-state index in [4.69, 9.17) is 5.73 Å². The van der Waals surface area contributed by atoms with Crippen LogP contribution in [0.25, 0.3) is 0 Å². The maximum absolute atomic E-state index is 10.5. The molecule has 0 bridgehead atoms. The van der Waals surface area contributed by atoms with E-state index in [0.717, 1.165) is 0 Å². The molecule has 0 aliphatic rings. The smallest absolute Gasteiger partial charge is 0.293 e. The van der Waals surface area contributed by atoms with Gasteiger partial charge in [0.25, 0.3) is 5.91 Å². The average molecular weight is 189 g/mol. The number of hydrogen-bond acceptors (Lipinski definition) is 3. The van der Waals surface area contributed by atoms with Crippen molar-refractivity contribution in [3.63, 3.8) is 0 Å². The summed E-state index contributed by atoms with van der Waals surface area (Å²) in [5.74, 6) is 3.41. The first-order valence-corrected chi connectivity index (χ1v) is 3.73. The molecule has 0 radical (unpaired) electrons. The Balaban J connectivity index is 3.26. The normalized spacial score (nSPS) is 8.57. The standard InChI is InChI=1S/C10H7NO3/c11-10(14)5-4-8-7(6-12)2-1-3-9(8)13/h1-3,6,13H,(H2,11,14). The summed E-state index contributed by atoms with van der Waals surface area (Å²) < 4.78 is 0. The maximum atomic E-state index is 10.5. The number of phenolic OH excluding ortho intramolecular Hbond substituents is 1. The number of carbonyl (C=O) groups excluding carboxylic acids is 2. The van der Waals surface area contributed by atoms with E-state index in [-0.39, 0.29) is 16.9 Å². The zero-order valence-corrected chi connectivity index (χ0v) is 7.15. The van der Waals surface area contributed by atoms with E-state index in [1.165, 1.54) is 18.2 Å². The van der Waals surface area contributed by atoms with Crippen LogP contribution in [0.4, 0.5) is 0 Å². The molecule has 0 unspecified atom stereocenters. The molecular formula is C10H7NO3. The number of primary amides is 1. The first-order chi connectivity index (χ1) is 6.65. The van der Waals surface area contributed by atoms with Crippen molar-refractivity contribution in [1.82, 2.24) is 0 Å². The van der Waals surface area contributed by atoms with Gasteiger partial charge in [0.2, 0.25) is 0 Å². The molecule has 1 aromatic rings. The Morgan fingerprint density at radius 2 is 2.21 bits per heavy atom. The highest BCUT2D eigenvalue weighted by atomic mass is 16.3. The summed E-state index contributed by atoms with van der Waals surface area (Å²) >= 11 is 0. The van der Waals surface area contributed by atoms with Crippen LogP contribution in [0.1, 0.15) is 15.9 Å². The number of carbonyl (C=O) groups is 2. The SMILES string of the molecule is NC(=O)C#Cc1c(O)cccc1C=O. The second-order valence-corrected chi connectivity index (χ2v) is 2.47. The lowest BCUT2D eigenvalue weighted by Crippen LogP contribution is -2.06. The van der Waals surface area contributed by atoms with Gasteiger partial charge in [-0.15, -0.1) is 0 Å². The van der Waals surface area contributed by atoms with Crippen LogP contribution in [0, 0.1) is 11.8 Å². The van der Waals surface area contributed by atoms with Crippen molar-refractivity contribution in [2.24, 2.45) is 5.73 Å². The lowest BCUT2D eigenvalue weighted by Gasteiger charge is -1.98. The fourth-order valence-electron chi connectivity index (χ4n) is 0.916. The minimum Gasteiger partial charge on any atom is -0.507 e. The molecule has 0 heterocycles. The first-order valence-electron chi connectivity index (χ1n) is 3.73. The third kappa shape index (κ3) is 2.11. The Bertz CT molecular complexity index is 440. The van der Waals surface area contributed by atoms with E-state index in [1.54, 1.807) is 0 Å². The van der Waals surface area contributed by atoms with E-state index < -0.39 is 5.91 Å². The van der Waals surface area contributed by atoms with Crippen molar-refractivity contribution in [1.29, 1.82) is 0 Å². The number of phenols is 1. The van der Waals surface area contributed by atoms with E-state index in [1.807, 2.05) is 5.92 Å². The number of aromatic hydroxyl groups is 1. The van der Waals surface area contributed by atoms with Crippen LogP contribution in [0.5, 0.6) is 5.75 Å². The second-order valence-electron chi connectivity index (χ2n) is 2.47. The van der Waals surface area contributed by atoms with Crippen LogP contribution in [0.3, 0.4) is 0 Å². The maximum Gasteiger partial charge on any atom is 0.293 e. The molecule has 1 aromatic carbocycles. The molecule has 3 N–H and O–H groups in total. The van der Waals surface area contributed by atoms with Crippen LogP contribution < -0.4 is 5.73 Å². The molecule has 4 nitrogen and oxygen atoms in total. The molecule has 0 spiro atoms. The molecule has 0 aliphatic carbocycles. The number of amides is 1. The van der Waals surface area contributed by atoms with Crippen LogP contribution >= 0.6 is 0 Å². The molecule has 1 rings (SSSR count). The summed E-state index contributed by atoms with van der Waals surface area (Å²) in [6.07, 6.45) is 0.546. The molecule has 14 heavy (non-hydrogen) atoms. The topological polar surface area (TPSA) is 80.4 Å². The summed E-state index contributed by atoms with van der Waals surface area (Å²) in [6, 6.07) is 4.37. The largest absolute Gasteiger partial charge is 0.507 e. The van der Waals surface area contributed by atoms with Crippen molar-refractivity contribution < 1.29 is 14.7 Å². The van der Waals surface area contributed by atoms with Gasteiger partial charge in [-0.3, -0.25) is 9.59 Å². The number of nitrogens with two attached hydrogens (primary N) is 1. The summed E-state index contributed by atoms with van der Waals surface area (Å²) in [5, 5.41) is 9.32. The van der Waals surface area contributed by atoms with Crippen molar-refractivity contribution in [3.8, 4) is 17.6 Å². The van der Waals surface area contributed by atoms with Crippen molar-refractivity contribution in [2.45, 2.75) is 0 Å². The fraction of sp³-hybridized carbons (Fsp3) is 0. The van der Waals surface area contributed by atoms with Gasteiger partial charge in [-0.25, -0.2) is 0 Å². The Hall–Kier alpha value is -2.28. The van der Waals surface area contributed by atoms with Gasteiger partial charge < -0.3 is 10.8 Å². The minimum atomic E-state index is -0.815. The van der Waals surface area contributed by atoms with E-state index in [2.05, 4.69) is 5.92 Å². The second kappa shape index (κ2) is 4.10. The fourth-order valence-corrected chi connectivity index (χ4v) is 0.916. The number of benzene rings is 1. The lowest BCUT2D eigenvalue weighted by molar-refractivity contribution is -0.112. The highest BCUT2D eigenvalue weighted by molar-refractivity contribution is 5.93. The van der Waals surface area contributed by atoms with Gasteiger partial charge in [-0.2, -0.15) is 0 Å². The molecule has 0 fully saturated rings. The molecule has 70 valence electrons. The Labute approximate surface area is 80.3 Å².